The fraction of sp³-hybridized carbons (Fsp3) is 0.467. The molecule has 0 bridgehead atoms. The van der Waals surface area contributed by atoms with Crippen LogP contribution in [0.5, 0.6) is 0 Å². The van der Waals surface area contributed by atoms with Crippen molar-refractivity contribution < 1.29 is 14.7 Å². The number of carbonyl (C=O) groups is 2. The van der Waals surface area contributed by atoms with Crippen LogP contribution in [-0.4, -0.2) is 28.6 Å². The standard InChI is InChI=1S/C15H20N2O3/c1-15(16,11-7-8-11)14(20)17-12(13(18)19)9-10-5-3-2-4-6-10/h2-6,11-12H,7-9,16H2,1H3,(H,17,20)(H,18,19). The van der Waals surface area contributed by atoms with Crippen molar-refractivity contribution in [1.29, 1.82) is 0 Å². The van der Waals surface area contributed by atoms with E-state index in [2.05, 4.69) is 5.32 Å². The molecule has 2 rings (SSSR count). The minimum atomic E-state index is -1.05. The Balaban J connectivity index is 2.02. The van der Waals surface area contributed by atoms with Crippen molar-refractivity contribution in [3.05, 3.63) is 35.9 Å². The first-order valence-corrected chi connectivity index (χ1v) is 6.78. The number of carbonyl (C=O) groups excluding carboxylic acids is 1. The van der Waals surface area contributed by atoms with Gasteiger partial charge in [-0.15, -0.1) is 0 Å². The van der Waals surface area contributed by atoms with E-state index in [0.29, 0.717) is 0 Å². The molecule has 1 saturated carbocycles. The Labute approximate surface area is 118 Å². The van der Waals surface area contributed by atoms with Crippen molar-refractivity contribution in [3.63, 3.8) is 0 Å². The van der Waals surface area contributed by atoms with E-state index in [9.17, 15) is 14.7 Å². The van der Waals surface area contributed by atoms with E-state index in [1.165, 1.54) is 0 Å². The van der Waals surface area contributed by atoms with Crippen LogP contribution in [0.25, 0.3) is 0 Å². The lowest BCUT2D eigenvalue weighted by atomic mass is 9.95. The molecular weight excluding hydrogens is 256 g/mol. The van der Waals surface area contributed by atoms with Gasteiger partial charge in [0, 0.05) is 6.42 Å². The van der Waals surface area contributed by atoms with Gasteiger partial charge in [-0.2, -0.15) is 0 Å². The Morgan fingerprint density at radius 3 is 2.50 bits per heavy atom. The molecule has 0 radical (unpaired) electrons. The third kappa shape index (κ3) is 3.36. The Kier molecular flexibility index (Phi) is 4.09. The summed E-state index contributed by atoms with van der Waals surface area (Å²) in [5.41, 5.74) is 5.89. The van der Waals surface area contributed by atoms with Crippen molar-refractivity contribution >= 4 is 11.9 Å². The number of rotatable bonds is 6. The Morgan fingerprint density at radius 1 is 1.40 bits per heavy atom. The number of hydrogen-bond donors (Lipinski definition) is 3. The topological polar surface area (TPSA) is 92.4 Å². The van der Waals surface area contributed by atoms with Gasteiger partial charge in [0.25, 0.3) is 0 Å². The lowest BCUT2D eigenvalue weighted by molar-refractivity contribution is -0.142. The van der Waals surface area contributed by atoms with Gasteiger partial charge >= 0.3 is 5.97 Å². The highest BCUT2D eigenvalue weighted by Crippen LogP contribution is 2.38. The molecule has 1 aliphatic carbocycles. The summed E-state index contributed by atoms with van der Waals surface area (Å²) in [6.45, 7) is 1.67. The molecule has 1 fully saturated rings. The van der Waals surface area contributed by atoms with Crippen LogP contribution in [-0.2, 0) is 16.0 Å². The summed E-state index contributed by atoms with van der Waals surface area (Å²) in [7, 11) is 0. The Morgan fingerprint density at radius 2 is 2.00 bits per heavy atom. The van der Waals surface area contributed by atoms with Crippen LogP contribution in [0.15, 0.2) is 30.3 Å². The molecule has 0 heterocycles. The van der Waals surface area contributed by atoms with E-state index in [-0.39, 0.29) is 18.2 Å². The maximum atomic E-state index is 12.2. The second-order valence-corrected chi connectivity index (χ2v) is 5.61. The van der Waals surface area contributed by atoms with Crippen molar-refractivity contribution in [3.8, 4) is 0 Å². The van der Waals surface area contributed by atoms with Gasteiger partial charge in [-0.25, -0.2) is 4.79 Å². The fourth-order valence-corrected chi connectivity index (χ4v) is 2.23. The third-order valence-corrected chi connectivity index (χ3v) is 3.80. The average molecular weight is 276 g/mol. The molecule has 2 unspecified atom stereocenters. The predicted molar refractivity (Wildman–Crippen MR) is 75.0 cm³/mol. The molecular formula is C15H20N2O3. The normalized spacial score (nSPS) is 18.9. The fourth-order valence-electron chi connectivity index (χ4n) is 2.23. The monoisotopic (exact) mass is 276 g/mol. The Hall–Kier alpha value is -1.88. The number of nitrogens with one attached hydrogen (secondary N) is 1. The zero-order valence-electron chi connectivity index (χ0n) is 11.5. The number of carboxylic acids is 1. The molecule has 5 heteroatoms. The van der Waals surface area contributed by atoms with E-state index < -0.39 is 17.6 Å². The zero-order chi connectivity index (χ0) is 14.8. The first-order valence-electron chi connectivity index (χ1n) is 6.78. The molecule has 1 aromatic carbocycles. The SMILES string of the molecule is CC(N)(C(=O)NC(Cc1ccccc1)C(=O)O)C1CC1. The summed E-state index contributed by atoms with van der Waals surface area (Å²) < 4.78 is 0. The number of hydrogen-bond acceptors (Lipinski definition) is 3. The summed E-state index contributed by atoms with van der Waals surface area (Å²) in [5, 5.41) is 11.8. The van der Waals surface area contributed by atoms with Crippen molar-refractivity contribution in [1.82, 2.24) is 5.32 Å². The first kappa shape index (κ1) is 14.5. The average Bonchev–Trinajstić information content (AvgIpc) is 3.23. The van der Waals surface area contributed by atoms with Gasteiger partial charge in [0.15, 0.2) is 0 Å². The lowest BCUT2D eigenvalue weighted by Gasteiger charge is -2.25. The van der Waals surface area contributed by atoms with E-state index in [1.54, 1.807) is 6.92 Å². The van der Waals surface area contributed by atoms with E-state index in [0.717, 1.165) is 18.4 Å². The molecule has 1 amide bonds. The molecule has 0 spiro atoms. The second kappa shape index (κ2) is 5.63. The molecule has 0 aromatic heterocycles. The van der Waals surface area contributed by atoms with Gasteiger partial charge in [0.2, 0.25) is 5.91 Å². The summed E-state index contributed by atoms with van der Waals surface area (Å²) >= 11 is 0. The van der Waals surface area contributed by atoms with Gasteiger partial charge in [-0.1, -0.05) is 30.3 Å². The largest absolute Gasteiger partial charge is 0.480 e. The maximum absolute atomic E-state index is 12.2. The van der Waals surface area contributed by atoms with Crippen molar-refractivity contribution in [2.75, 3.05) is 0 Å². The summed E-state index contributed by atoms with van der Waals surface area (Å²) in [6, 6.07) is 8.27. The molecule has 0 saturated heterocycles. The third-order valence-electron chi connectivity index (χ3n) is 3.80. The maximum Gasteiger partial charge on any atom is 0.326 e. The van der Waals surface area contributed by atoms with Gasteiger partial charge in [-0.05, 0) is 31.2 Å². The highest BCUT2D eigenvalue weighted by Gasteiger charge is 2.44. The van der Waals surface area contributed by atoms with Crippen LogP contribution in [0.2, 0.25) is 0 Å². The molecule has 2 atom stereocenters. The molecule has 1 aliphatic rings. The van der Waals surface area contributed by atoms with Crippen molar-refractivity contribution in [2.24, 2.45) is 11.7 Å². The first-order chi connectivity index (χ1) is 9.41. The van der Waals surface area contributed by atoms with Crippen molar-refractivity contribution in [2.45, 2.75) is 37.8 Å². The summed E-state index contributed by atoms with van der Waals surface area (Å²) in [6.07, 6.45) is 2.11. The smallest absolute Gasteiger partial charge is 0.326 e. The van der Waals surface area contributed by atoms with E-state index in [4.69, 9.17) is 5.73 Å². The van der Waals surface area contributed by atoms with Crippen LogP contribution in [0.3, 0.4) is 0 Å². The number of amides is 1. The highest BCUT2D eigenvalue weighted by atomic mass is 16.4. The highest BCUT2D eigenvalue weighted by molar-refractivity contribution is 5.90. The molecule has 0 aliphatic heterocycles. The molecule has 4 N–H and O–H groups in total. The number of benzene rings is 1. The summed E-state index contributed by atoms with van der Waals surface area (Å²) in [5.74, 6) is -1.27. The van der Waals surface area contributed by atoms with E-state index in [1.807, 2.05) is 30.3 Å². The quantitative estimate of drug-likeness (QED) is 0.720. The van der Waals surface area contributed by atoms with Crippen LogP contribution in [0, 0.1) is 5.92 Å². The molecule has 20 heavy (non-hydrogen) atoms. The van der Waals surface area contributed by atoms with Crippen LogP contribution in [0.1, 0.15) is 25.3 Å². The van der Waals surface area contributed by atoms with Gasteiger partial charge in [0.1, 0.15) is 6.04 Å². The van der Waals surface area contributed by atoms with Gasteiger partial charge in [0.05, 0.1) is 5.54 Å². The zero-order valence-corrected chi connectivity index (χ0v) is 11.5. The van der Waals surface area contributed by atoms with Crippen LogP contribution in [0.4, 0.5) is 0 Å². The number of aliphatic carboxylic acids is 1. The lowest BCUT2D eigenvalue weighted by Crippen LogP contribution is -2.57. The molecule has 1 aromatic rings. The second-order valence-electron chi connectivity index (χ2n) is 5.61. The van der Waals surface area contributed by atoms with Gasteiger partial charge in [-0.3, -0.25) is 4.79 Å². The van der Waals surface area contributed by atoms with Gasteiger partial charge < -0.3 is 16.2 Å². The predicted octanol–water partition coefficient (Wildman–Crippen LogP) is 0.926. The van der Waals surface area contributed by atoms with E-state index >= 15 is 0 Å². The van der Waals surface area contributed by atoms with Crippen LogP contribution >= 0.6 is 0 Å². The molecule has 108 valence electrons. The molecule has 5 nitrogen and oxygen atoms in total. The summed E-state index contributed by atoms with van der Waals surface area (Å²) in [4.78, 5) is 23.4. The number of carboxylic acid groups (broad SMARTS) is 1. The minimum absolute atomic E-state index is 0.161. The van der Waals surface area contributed by atoms with Crippen LogP contribution < -0.4 is 11.1 Å². The number of nitrogens with two attached hydrogens (primary N) is 1. The minimum Gasteiger partial charge on any atom is -0.480 e. The Bertz CT molecular complexity index is 495.